The highest BCUT2D eigenvalue weighted by Crippen LogP contribution is 2.18. The summed E-state index contributed by atoms with van der Waals surface area (Å²) in [6.07, 6.45) is -1.41. The van der Waals surface area contributed by atoms with E-state index in [1.54, 1.807) is 45.0 Å². The smallest absolute Gasteiger partial charge is 0.407 e. The van der Waals surface area contributed by atoms with Crippen LogP contribution in [0.2, 0.25) is 0 Å². The van der Waals surface area contributed by atoms with E-state index in [9.17, 15) is 22.8 Å². The Morgan fingerprint density at radius 3 is 2.27 bits per heavy atom. The van der Waals surface area contributed by atoms with Crippen molar-refractivity contribution < 1.29 is 32.2 Å². The van der Waals surface area contributed by atoms with Crippen LogP contribution in [0.15, 0.2) is 42.5 Å². The van der Waals surface area contributed by atoms with E-state index in [-0.39, 0.29) is 25.0 Å². The van der Waals surface area contributed by atoms with Gasteiger partial charge in [-0.05, 0) is 44.4 Å². The average molecular weight is 423 g/mol. The van der Waals surface area contributed by atoms with Gasteiger partial charge in [-0.2, -0.15) is 0 Å². The Morgan fingerprint density at radius 1 is 1.00 bits per heavy atom. The predicted octanol–water partition coefficient (Wildman–Crippen LogP) is 4.67. The molecule has 1 N–H and O–H groups in total. The van der Waals surface area contributed by atoms with Crippen molar-refractivity contribution in [2.24, 2.45) is 0 Å². The first kappa shape index (κ1) is 23.3. The number of hydrogen-bond donors (Lipinski definition) is 1. The zero-order valence-electron chi connectivity index (χ0n) is 17.0. The molecule has 0 fully saturated rings. The third-order valence-corrected chi connectivity index (χ3v) is 3.92. The van der Waals surface area contributed by atoms with E-state index in [4.69, 9.17) is 9.47 Å². The topological polar surface area (TPSA) is 64.6 Å². The summed E-state index contributed by atoms with van der Waals surface area (Å²) < 4.78 is 51.1. The molecule has 5 nitrogen and oxygen atoms in total. The molecule has 1 atom stereocenters. The van der Waals surface area contributed by atoms with Crippen LogP contribution >= 0.6 is 0 Å². The summed E-state index contributed by atoms with van der Waals surface area (Å²) in [5.74, 6) is -4.18. The van der Waals surface area contributed by atoms with Gasteiger partial charge in [0.05, 0.1) is 6.42 Å². The van der Waals surface area contributed by atoms with Crippen LogP contribution < -0.4 is 5.32 Å². The van der Waals surface area contributed by atoms with Crippen molar-refractivity contribution >= 4 is 12.1 Å². The fourth-order valence-electron chi connectivity index (χ4n) is 2.68. The molecule has 1 amide bonds. The molecule has 0 spiro atoms. The molecule has 0 aromatic heterocycles. The molecule has 0 bridgehead atoms. The molecule has 2 aromatic carbocycles. The first-order valence-corrected chi connectivity index (χ1v) is 9.36. The molecule has 0 radical (unpaired) electrons. The number of halogens is 3. The lowest BCUT2D eigenvalue weighted by molar-refractivity contribution is -0.155. The first-order valence-electron chi connectivity index (χ1n) is 9.36. The molecule has 8 heteroatoms. The van der Waals surface area contributed by atoms with Crippen LogP contribution in [0, 0.1) is 17.5 Å². The molecule has 2 aromatic rings. The van der Waals surface area contributed by atoms with Gasteiger partial charge < -0.3 is 14.8 Å². The summed E-state index contributed by atoms with van der Waals surface area (Å²) in [6.45, 7) is 5.02. The number of benzene rings is 2. The fourth-order valence-corrected chi connectivity index (χ4v) is 2.68. The maximum atomic E-state index is 14.0. The fraction of sp³-hybridized carbons (Fsp3) is 0.364. The van der Waals surface area contributed by atoms with Crippen molar-refractivity contribution in [3.05, 3.63) is 71.0 Å². The molecule has 0 aliphatic carbocycles. The van der Waals surface area contributed by atoms with Gasteiger partial charge in [-0.15, -0.1) is 0 Å². The van der Waals surface area contributed by atoms with Gasteiger partial charge in [0, 0.05) is 12.1 Å². The van der Waals surface area contributed by atoms with Crippen molar-refractivity contribution in [2.75, 3.05) is 0 Å². The Morgan fingerprint density at radius 2 is 1.63 bits per heavy atom. The minimum absolute atomic E-state index is 0.00856. The lowest BCUT2D eigenvalue weighted by Gasteiger charge is -2.23. The second-order valence-corrected chi connectivity index (χ2v) is 7.76. The van der Waals surface area contributed by atoms with Crippen molar-refractivity contribution in [1.29, 1.82) is 0 Å². The quantitative estimate of drug-likeness (QED) is 0.519. The van der Waals surface area contributed by atoms with Gasteiger partial charge in [0.15, 0.2) is 11.6 Å². The number of ether oxygens (including phenoxy) is 2. The molecular formula is C22H24F3NO4. The van der Waals surface area contributed by atoms with Gasteiger partial charge in [-0.3, -0.25) is 4.79 Å². The lowest BCUT2D eigenvalue weighted by Crippen LogP contribution is -2.40. The van der Waals surface area contributed by atoms with Gasteiger partial charge in [0.1, 0.15) is 18.0 Å². The normalized spacial score (nSPS) is 12.2. The van der Waals surface area contributed by atoms with Crippen molar-refractivity contribution in [1.82, 2.24) is 5.32 Å². The third-order valence-electron chi connectivity index (χ3n) is 3.92. The van der Waals surface area contributed by atoms with E-state index in [0.29, 0.717) is 12.1 Å². The number of hydrogen-bond acceptors (Lipinski definition) is 4. The third kappa shape index (κ3) is 7.77. The molecule has 2 rings (SSSR count). The van der Waals surface area contributed by atoms with Crippen molar-refractivity contribution in [3.63, 3.8) is 0 Å². The number of carbonyl (C=O) groups excluding carboxylic acids is 2. The average Bonchev–Trinajstić information content (AvgIpc) is 2.63. The zero-order chi connectivity index (χ0) is 22.3. The van der Waals surface area contributed by atoms with Gasteiger partial charge >= 0.3 is 12.1 Å². The van der Waals surface area contributed by atoms with E-state index in [1.165, 1.54) is 0 Å². The minimum atomic E-state index is -1.32. The Balaban J connectivity index is 2.09. The van der Waals surface area contributed by atoms with E-state index in [2.05, 4.69) is 5.32 Å². The van der Waals surface area contributed by atoms with Crippen LogP contribution in [0.3, 0.4) is 0 Å². The summed E-state index contributed by atoms with van der Waals surface area (Å²) >= 11 is 0. The number of carbonyl (C=O) groups is 2. The Bertz CT molecular complexity index is 882. The van der Waals surface area contributed by atoms with Gasteiger partial charge in [-0.1, -0.05) is 30.3 Å². The van der Waals surface area contributed by atoms with E-state index in [1.807, 2.05) is 6.07 Å². The molecule has 0 aliphatic rings. The van der Waals surface area contributed by atoms with E-state index < -0.39 is 41.2 Å². The largest absolute Gasteiger partial charge is 0.460 e. The maximum absolute atomic E-state index is 14.0. The molecule has 0 heterocycles. The van der Waals surface area contributed by atoms with Crippen LogP contribution in [-0.2, 0) is 27.3 Å². The number of alkyl carbamates (subject to hydrolysis) is 1. The molecule has 0 aliphatic heterocycles. The molecule has 162 valence electrons. The Kier molecular flexibility index (Phi) is 7.86. The first-order chi connectivity index (χ1) is 14.0. The summed E-state index contributed by atoms with van der Waals surface area (Å²) in [5, 5.41) is 2.47. The summed E-state index contributed by atoms with van der Waals surface area (Å²) in [4.78, 5) is 24.4. The monoisotopic (exact) mass is 423 g/mol. The van der Waals surface area contributed by atoms with Gasteiger partial charge in [0.25, 0.3) is 0 Å². The predicted molar refractivity (Wildman–Crippen MR) is 104 cm³/mol. The highest BCUT2D eigenvalue weighted by atomic mass is 19.2. The SMILES string of the molecule is CC(C)(C)OC(=O)CC(Cc1cc(F)c(F)cc1F)NC(=O)OCc1ccccc1. The lowest BCUT2D eigenvalue weighted by atomic mass is 10.0. The number of esters is 1. The van der Waals surface area contributed by atoms with Gasteiger partial charge in [-0.25, -0.2) is 18.0 Å². The number of nitrogens with one attached hydrogen (secondary N) is 1. The molecule has 1 unspecified atom stereocenters. The van der Waals surface area contributed by atoms with Crippen molar-refractivity contribution in [2.45, 2.75) is 51.9 Å². The van der Waals surface area contributed by atoms with Gasteiger partial charge in [0.2, 0.25) is 0 Å². The number of amides is 1. The standard InChI is InChI=1S/C22H24F3NO4/c1-22(2,3)30-20(27)11-16(9-15-10-18(24)19(25)12-17(15)23)26-21(28)29-13-14-7-5-4-6-8-14/h4-8,10,12,16H,9,11,13H2,1-3H3,(H,26,28). The van der Waals surface area contributed by atoms with Crippen LogP contribution in [0.5, 0.6) is 0 Å². The Labute approximate surface area is 173 Å². The number of rotatable bonds is 7. The molecule has 30 heavy (non-hydrogen) atoms. The molecule has 0 saturated heterocycles. The van der Waals surface area contributed by atoms with Crippen LogP contribution in [0.1, 0.15) is 38.3 Å². The highest BCUT2D eigenvalue weighted by Gasteiger charge is 2.24. The van der Waals surface area contributed by atoms with Crippen LogP contribution in [0.25, 0.3) is 0 Å². The second kappa shape index (κ2) is 10.1. The zero-order valence-corrected chi connectivity index (χ0v) is 17.0. The van der Waals surface area contributed by atoms with Crippen LogP contribution in [0.4, 0.5) is 18.0 Å². The maximum Gasteiger partial charge on any atom is 0.407 e. The summed E-state index contributed by atoms with van der Waals surface area (Å²) in [6, 6.07) is 9.08. The minimum Gasteiger partial charge on any atom is -0.460 e. The summed E-state index contributed by atoms with van der Waals surface area (Å²) in [5.41, 5.74) is -0.198. The Hall–Kier alpha value is -3.03. The molecular weight excluding hydrogens is 399 g/mol. The van der Waals surface area contributed by atoms with Crippen molar-refractivity contribution in [3.8, 4) is 0 Å². The van der Waals surface area contributed by atoms with Crippen LogP contribution in [-0.4, -0.2) is 23.7 Å². The second-order valence-electron chi connectivity index (χ2n) is 7.76. The highest BCUT2D eigenvalue weighted by molar-refractivity contribution is 5.73. The van der Waals surface area contributed by atoms with E-state index >= 15 is 0 Å². The molecule has 0 saturated carbocycles. The summed E-state index contributed by atoms with van der Waals surface area (Å²) in [7, 11) is 0. The van der Waals surface area contributed by atoms with E-state index in [0.717, 1.165) is 5.56 Å².